The fourth-order valence-corrected chi connectivity index (χ4v) is 1.66. The predicted molar refractivity (Wildman–Crippen MR) is 59.3 cm³/mol. The second-order valence-corrected chi connectivity index (χ2v) is 3.59. The molecule has 0 heterocycles. The van der Waals surface area contributed by atoms with Crippen molar-refractivity contribution in [3.8, 4) is 0 Å². The number of hydrogen-bond donors (Lipinski definition) is 0. The molecule has 77 valence electrons. The fourth-order valence-electron chi connectivity index (χ4n) is 1.66. The molecule has 0 saturated heterocycles. The van der Waals surface area contributed by atoms with E-state index < -0.39 is 0 Å². The molecule has 0 aliphatic rings. The molecule has 1 atom stereocenters. The number of hydrogen-bond acceptors (Lipinski definition) is 0. The van der Waals surface area contributed by atoms with E-state index >= 15 is 0 Å². The molecule has 1 aromatic carbocycles. The van der Waals surface area contributed by atoms with Gasteiger partial charge in [-0.2, -0.15) is 0 Å². The van der Waals surface area contributed by atoms with Crippen molar-refractivity contribution in [2.45, 2.75) is 32.6 Å². The van der Waals surface area contributed by atoms with Crippen LogP contribution in [0.1, 0.15) is 36.5 Å². The standard InChI is InChI=1S/C13H18F/c1-4-11-6-7-13(10(3)9-14)8-12(11)5-2/h6-8,10H,3-5,9H2,1-2H3. The third kappa shape index (κ3) is 2.34. The van der Waals surface area contributed by atoms with E-state index in [-0.39, 0.29) is 12.6 Å². The second kappa shape index (κ2) is 5.14. The molecule has 0 N–H and O–H groups in total. The maximum absolute atomic E-state index is 12.4. The van der Waals surface area contributed by atoms with Gasteiger partial charge in [0.1, 0.15) is 0 Å². The zero-order chi connectivity index (χ0) is 10.6. The van der Waals surface area contributed by atoms with Gasteiger partial charge in [0.2, 0.25) is 0 Å². The monoisotopic (exact) mass is 193 g/mol. The first-order valence-electron chi connectivity index (χ1n) is 5.23. The molecule has 1 aromatic rings. The smallest absolute Gasteiger partial charge is 0.0962 e. The molecular formula is C13H18F. The largest absolute Gasteiger partial charge is 0.250 e. The van der Waals surface area contributed by atoms with Crippen molar-refractivity contribution in [3.63, 3.8) is 0 Å². The third-order valence-corrected chi connectivity index (χ3v) is 2.65. The van der Waals surface area contributed by atoms with E-state index in [1.165, 1.54) is 11.1 Å². The van der Waals surface area contributed by atoms with Crippen molar-refractivity contribution in [3.05, 3.63) is 41.8 Å². The quantitative estimate of drug-likeness (QED) is 0.684. The Morgan fingerprint density at radius 3 is 2.36 bits per heavy atom. The zero-order valence-corrected chi connectivity index (χ0v) is 9.02. The van der Waals surface area contributed by atoms with Crippen LogP contribution in [0.4, 0.5) is 4.39 Å². The summed E-state index contributed by atoms with van der Waals surface area (Å²) in [7, 11) is 0. The van der Waals surface area contributed by atoms with Crippen molar-refractivity contribution >= 4 is 0 Å². The Kier molecular flexibility index (Phi) is 4.12. The summed E-state index contributed by atoms with van der Waals surface area (Å²) in [5, 5.41) is 0. The van der Waals surface area contributed by atoms with Gasteiger partial charge in [0.05, 0.1) is 6.67 Å². The highest BCUT2D eigenvalue weighted by Gasteiger charge is 2.07. The van der Waals surface area contributed by atoms with Crippen molar-refractivity contribution in [2.24, 2.45) is 0 Å². The minimum absolute atomic E-state index is 0.216. The van der Waals surface area contributed by atoms with Gasteiger partial charge in [0, 0.05) is 5.92 Å². The lowest BCUT2D eigenvalue weighted by Crippen LogP contribution is -1.99. The van der Waals surface area contributed by atoms with Crippen molar-refractivity contribution < 1.29 is 4.39 Å². The highest BCUT2D eigenvalue weighted by atomic mass is 19.1. The van der Waals surface area contributed by atoms with Gasteiger partial charge in [-0.15, -0.1) is 0 Å². The predicted octanol–water partition coefficient (Wildman–Crippen LogP) is 3.70. The second-order valence-electron chi connectivity index (χ2n) is 3.59. The van der Waals surface area contributed by atoms with Gasteiger partial charge >= 0.3 is 0 Å². The molecule has 0 aliphatic carbocycles. The average Bonchev–Trinajstić information content (AvgIpc) is 2.26. The van der Waals surface area contributed by atoms with Crippen LogP contribution in [0.25, 0.3) is 0 Å². The van der Waals surface area contributed by atoms with E-state index in [2.05, 4.69) is 32.9 Å². The average molecular weight is 193 g/mol. The maximum Gasteiger partial charge on any atom is 0.0962 e. The van der Waals surface area contributed by atoms with E-state index in [0.717, 1.165) is 18.4 Å². The summed E-state index contributed by atoms with van der Waals surface area (Å²) in [4.78, 5) is 0. The molecule has 0 saturated carbocycles. The highest BCUT2D eigenvalue weighted by Crippen LogP contribution is 2.20. The van der Waals surface area contributed by atoms with Gasteiger partial charge in [-0.1, -0.05) is 32.0 Å². The summed E-state index contributed by atoms with van der Waals surface area (Å²) < 4.78 is 12.4. The normalized spacial score (nSPS) is 12.9. The van der Waals surface area contributed by atoms with E-state index in [0.29, 0.717) is 0 Å². The van der Waals surface area contributed by atoms with Gasteiger partial charge in [0.15, 0.2) is 0 Å². The Balaban J connectivity index is 3.01. The van der Waals surface area contributed by atoms with Crippen LogP contribution in [0.3, 0.4) is 0 Å². The van der Waals surface area contributed by atoms with Crippen LogP contribution >= 0.6 is 0 Å². The molecule has 14 heavy (non-hydrogen) atoms. The molecule has 0 aromatic heterocycles. The molecule has 0 bridgehead atoms. The molecule has 0 spiro atoms. The van der Waals surface area contributed by atoms with E-state index in [4.69, 9.17) is 0 Å². The van der Waals surface area contributed by atoms with Crippen LogP contribution < -0.4 is 0 Å². The number of halogens is 1. The summed E-state index contributed by atoms with van der Waals surface area (Å²) in [5.74, 6) is -0.216. The van der Waals surface area contributed by atoms with Crippen LogP contribution in [0, 0.1) is 6.92 Å². The van der Waals surface area contributed by atoms with Crippen molar-refractivity contribution in [1.29, 1.82) is 0 Å². The SMILES string of the molecule is [CH2]C(CF)c1ccc(CC)c(CC)c1. The van der Waals surface area contributed by atoms with Crippen LogP contribution in [0.15, 0.2) is 18.2 Å². The molecule has 0 aliphatic heterocycles. The van der Waals surface area contributed by atoms with E-state index in [9.17, 15) is 4.39 Å². The number of rotatable bonds is 4. The zero-order valence-electron chi connectivity index (χ0n) is 9.02. The molecule has 0 nitrogen and oxygen atoms in total. The molecule has 1 rings (SSSR count). The summed E-state index contributed by atoms with van der Waals surface area (Å²) in [6.45, 7) is 7.68. The molecular weight excluding hydrogens is 175 g/mol. The molecule has 1 radical (unpaired) electrons. The number of aryl methyl sites for hydroxylation is 2. The minimum Gasteiger partial charge on any atom is -0.250 e. The Bertz CT molecular complexity index is 291. The highest BCUT2D eigenvalue weighted by molar-refractivity contribution is 5.34. The van der Waals surface area contributed by atoms with Crippen LogP contribution in [-0.2, 0) is 12.8 Å². The molecule has 1 unspecified atom stereocenters. The third-order valence-electron chi connectivity index (χ3n) is 2.65. The topological polar surface area (TPSA) is 0 Å². The first-order valence-corrected chi connectivity index (χ1v) is 5.23. The van der Waals surface area contributed by atoms with Gasteiger partial charge in [-0.3, -0.25) is 4.39 Å². The minimum atomic E-state index is -0.380. The summed E-state index contributed by atoms with van der Waals surface area (Å²) in [6, 6.07) is 6.19. The Morgan fingerprint density at radius 1 is 1.21 bits per heavy atom. The fraction of sp³-hybridized carbons (Fsp3) is 0.462. The lowest BCUT2D eigenvalue weighted by Gasteiger charge is -2.12. The van der Waals surface area contributed by atoms with Gasteiger partial charge in [-0.25, -0.2) is 0 Å². The van der Waals surface area contributed by atoms with Crippen LogP contribution in [0.5, 0.6) is 0 Å². The number of benzene rings is 1. The van der Waals surface area contributed by atoms with Gasteiger partial charge < -0.3 is 0 Å². The Labute approximate surface area is 86.2 Å². The van der Waals surface area contributed by atoms with E-state index in [1.807, 2.05) is 6.07 Å². The Morgan fingerprint density at radius 2 is 1.86 bits per heavy atom. The molecule has 0 fully saturated rings. The van der Waals surface area contributed by atoms with E-state index in [1.54, 1.807) is 0 Å². The summed E-state index contributed by atoms with van der Waals surface area (Å²) >= 11 is 0. The molecule has 1 heteroatoms. The molecule has 0 amide bonds. The van der Waals surface area contributed by atoms with Gasteiger partial charge in [0.25, 0.3) is 0 Å². The lowest BCUT2D eigenvalue weighted by molar-refractivity contribution is 0.465. The number of alkyl halides is 1. The lowest BCUT2D eigenvalue weighted by atomic mass is 9.95. The van der Waals surface area contributed by atoms with Crippen molar-refractivity contribution in [2.75, 3.05) is 6.67 Å². The van der Waals surface area contributed by atoms with Gasteiger partial charge in [-0.05, 0) is 36.5 Å². The summed E-state index contributed by atoms with van der Waals surface area (Å²) in [6.07, 6.45) is 2.05. The summed E-state index contributed by atoms with van der Waals surface area (Å²) in [5.41, 5.74) is 3.70. The van der Waals surface area contributed by atoms with Crippen LogP contribution in [-0.4, -0.2) is 6.67 Å². The van der Waals surface area contributed by atoms with Crippen molar-refractivity contribution in [1.82, 2.24) is 0 Å². The first kappa shape index (κ1) is 11.2. The maximum atomic E-state index is 12.4. The Hall–Kier alpha value is -0.850. The first-order chi connectivity index (χ1) is 6.72. The van der Waals surface area contributed by atoms with Crippen LogP contribution in [0.2, 0.25) is 0 Å².